The molecule has 0 atom stereocenters. The number of aliphatic imine (C=N–C) groups is 1. The van der Waals surface area contributed by atoms with E-state index >= 15 is 0 Å². The van der Waals surface area contributed by atoms with Crippen molar-refractivity contribution in [2.24, 2.45) is 4.99 Å². The molecule has 0 spiro atoms. The lowest BCUT2D eigenvalue weighted by molar-refractivity contribution is -0.138. The number of carbonyl (C=O) groups is 1. The number of allylic oxidation sites excluding steroid dienone is 1. The Morgan fingerprint density at radius 3 is 2.89 bits per heavy atom. The highest BCUT2D eigenvalue weighted by Crippen LogP contribution is 2.07. The first-order valence-corrected chi connectivity index (χ1v) is 6.28. The number of hydrogen-bond acceptors (Lipinski definition) is 4. The Kier molecular flexibility index (Phi) is 4.80. The SMILES string of the molecule is O=C(O)CN(CC1=NC=CCC1)Cc1ccccn1. The Morgan fingerprint density at radius 2 is 2.26 bits per heavy atom. The summed E-state index contributed by atoms with van der Waals surface area (Å²) in [7, 11) is 0. The number of aromatic nitrogens is 1. The number of nitrogens with zero attached hydrogens (tertiary/aromatic N) is 3. The molecular formula is C14H17N3O2. The van der Waals surface area contributed by atoms with Crippen molar-refractivity contribution in [3.8, 4) is 0 Å². The van der Waals surface area contributed by atoms with Crippen LogP contribution >= 0.6 is 0 Å². The van der Waals surface area contributed by atoms with Crippen LogP contribution in [0, 0.1) is 0 Å². The highest BCUT2D eigenvalue weighted by atomic mass is 16.4. The van der Waals surface area contributed by atoms with Gasteiger partial charge in [0, 0.05) is 31.2 Å². The van der Waals surface area contributed by atoms with Crippen LogP contribution in [-0.2, 0) is 11.3 Å². The molecule has 100 valence electrons. The molecule has 5 heteroatoms. The van der Waals surface area contributed by atoms with Gasteiger partial charge in [0.25, 0.3) is 0 Å². The van der Waals surface area contributed by atoms with Gasteiger partial charge < -0.3 is 5.11 Å². The Morgan fingerprint density at radius 1 is 1.37 bits per heavy atom. The molecule has 0 unspecified atom stereocenters. The molecular weight excluding hydrogens is 242 g/mol. The average molecular weight is 259 g/mol. The molecule has 1 aromatic heterocycles. The third-order valence-electron chi connectivity index (χ3n) is 2.84. The van der Waals surface area contributed by atoms with Gasteiger partial charge in [-0.3, -0.25) is 19.7 Å². The zero-order valence-electron chi connectivity index (χ0n) is 10.7. The fraction of sp³-hybridized carbons (Fsp3) is 0.357. The fourth-order valence-corrected chi connectivity index (χ4v) is 2.00. The molecule has 0 saturated carbocycles. The molecule has 0 amide bonds. The summed E-state index contributed by atoms with van der Waals surface area (Å²) in [6.07, 6.45) is 7.40. The zero-order chi connectivity index (χ0) is 13.5. The van der Waals surface area contributed by atoms with E-state index in [-0.39, 0.29) is 6.54 Å². The van der Waals surface area contributed by atoms with Crippen molar-refractivity contribution < 1.29 is 9.90 Å². The lowest BCUT2D eigenvalue weighted by atomic mass is 10.1. The fourth-order valence-electron chi connectivity index (χ4n) is 2.00. The maximum Gasteiger partial charge on any atom is 0.317 e. The molecule has 2 rings (SSSR count). The summed E-state index contributed by atoms with van der Waals surface area (Å²) < 4.78 is 0. The molecule has 5 nitrogen and oxygen atoms in total. The summed E-state index contributed by atoms with van der Waals surface area (Å²) >= 11 is 0. The van der Waals surface area contributed by atoms with E-state index in [4.69, 9.17) is 5.11 Å². The smallest absolute Gasteiger partial charge is 0.317 e. The van der Waals surface area contributed by atoms with E-state index in [1.54, 1.807) is 12.4 Å². The minimum atomic E-state index is -0.831. The van der Waals surface area contributed by atoms with Crippen LogP contribution in [0.1, 0.15) is 18.5 Å². The molecule has 0 radical (unpaired) electrons. The molecule has 19 heavy (non-hydrogen) atoms. The predicted octanol–water partition coefficient (Wildman–Crippen LogP) is 1.72. The Hall–Kier alpha value is -2.01. The number of aliphatic carboxylic acids is 1. The van der Waals surface area contributed by atoms with Crippen molar-refractivity contribution in [2.45, 2.75) is 19.4 Å². The molecule has 1 aliphatic rings. The van der Waals surface area contributed by atoms with E-state index in [1.807, 2.05) is 29.2 Å². The predicted molar refractivity (Wildman–Crippen MR) is 73.0 cm³/mol. The highest BCUT2D eigenvalue weighted by Gasteiger charge is 2.14. The van der Waals surface area contributed by atoms with Crippen LogP contribution in [0.3, 0.4) is 0 Å². The van der Waals surface area contributed by atoms with Crippen LogP contribution in [0.15, 0.2) is 41.7 Å². The largest absolute Gasteiger partial charge is 0.480 e. The van der Waals surface area contributed by atoms with Gasteiger partial charge in [-0.2, -0.15) is 0 Å². The highest BCUT2D eigenvalue weighted by molar-refractivity contribution is 5.88. The molecule has 1 aliphatic heterocycles. The van der Waals surface area contributed by atoms with Crippen molar-refractivity contribution in [1.82, 2.24) is 9.88 Å². The van der Waals surface area contributed by atoms with Gasteiger partial charge in [-0.1, -0.05) is 12.1 Å². The molecule has 1 aromatic rings. The molecule has 0 aromatic carbocycles. The third-order valence-corrected chi connectivity index (χ3v) is 2.84. The molecule has 0 aliphatic carbocycles. The minimum absolute atomic E-state index is 0.000686. The van der Waals surface area contributed by atoms with Gasteiger partial charge in [-0.25, -0.2) is 0 Å². The van der Waals surface area contributed by atoms with Crippen LogP contribution in [0.5, 0.6) is 0 Å². The summed E-state index contributed by atoms with van der Waals surface area (Å²) in [6, 6.07) is 5.65. The lowest BCUT2D eigenvalue weighted by Gasteiger charge is -2.21. The van der Waals surface area contributed by atoms with Crippen molar-refractivity contribution in [3.63, 3.8) is 0 Å². The number of pyridine rings is 1. The second kappa shape index (κ2) is 6.80. The van der Waals surface area contributed by atoms with E-state index in [0.717, 1.165) is 24.2 Å². The van der Waals surface area contributed by atoms with Crippen LogP contribution in [0.2, 0.25) is 0 Å². The van der Waals surface area contributed by atoms with E-state index in [0.29, 0.717) is 13.1 Å². The molecule has 0 bridgehead atoms. The summed E-state index contributed by atoms with van der Waals surface area (Å²) in [6.45, 7) is 1.10. The van der Waals surface area contributed by atoms with Gasteiger partial charge in [0.15, 0.2) is 0 Å². The van der Waals surface area contributed by atoms with Gasteiger partial charge in [-0.15, -0.1) is 0 Å². The average Bonchev–Trinajstić information content (AvgIpc) is 2.40. The monoisotopic (exact) mass is 259 g/mol. The quantitative estimate of drug-likeness (QED) is 0.844. The molecule has 1 N–H and O–H groups in total. The summed E-state index contributed by atoms with van der Waals surface area (Å²) in [4.78, 5) is 21.3. The first-order chi connectivity index (χ1) is 9.24. The number of carboxylic acid groups (broad SMARTS) is 1. The van der Waals surface area contributed by atoms with E-state index in [1.165, 1.54) is 0 Å². The van der Waals surface area contributed by atoms with Crippen LogP contribution in [0.25, 0.3) is 0 Å². The standard InChI is InChI=1S/C14H17N3O2/c18-14(19)11-17(9-12-5-1-3-7-15-12)10-13-6-2-4-8-16-13/h1,3-5,7-8H,2,6,9-11H2,(H,18,19). The van der Waals surface area contributed by atoms with Crippen LogP contribution in [-0.4, -0.2) is 39.8 Å². The van der Waals surface area contributed by atoms with Crippen LogP contribution in [0.4, 0.5) is 0 Å². The summed E-state index contributed by atoms with van der Waals surface area (Å²) in [5.41, 5.74) is 1.90. The van der Waals surface area contributed by atoms with E-state index in [2.05, 4.69) is 9.98 Å². The zero-order valence-corrected chi connectivity index (χ0v) is 10.7. The van der Waals surface area contributed by atoms with Crippen molar-refractivity contribution >= 4 is 11.7 Å². The summed E-state index contributed by atoms with van der Waals surface area (Å²) in [5, 5.41) is 8.98. The summed E-state index contributed by atoms with van der Waals surface area (Å²) in [5.74, 6) is -0.831. The third kappa shape index (κ3) is 4.63. The topological polar surface area (TPSA) is 65.8 Å². The number of rotatable bonds is 6. The van der Waals surface area contributed by atoms with Gasteiger partial charge in [0.2, 0.25) is 0 Å². The Labute approximate surface area is 112 Å². The molecule has 2 heterocycles. The van der Waals surface area contributed by atoms with E-state index in [9.17, 15) is 4.79 Å². The van der Waals surface area contributed by atoms with Crippen molar-refractivity contribution in [2.75, 3.05) is 13.1 Å². The molecule has 0 saturated heterocycles. The maximum absolute atomic E-state index is 10.9. The van der Waals surface area contributed by atoms with Gasteiger partial charge in [0.1, 0.15) is 0 Å². The number of hydrogen-bond donors (Lipinski definition) is 1. The lowest BCUT2D eigenvalue weighted by Crippen LogP contribution is -2.34. The van der Waals surface area contributed by atoms with Crippen molar-refractivity contribution in [3.05, 3.63) is 42.4 Å². The Bertz CT molecular complexity index is 483. The normalized spacial score (nSPS) is 14.5. The first-order valence-electron chi connectivity index (χ1n) is 6.28. The van der Waals surface area contributed by atoms with Gasteiger partial charge in [-0.05, 0) is 25.0 Å². The minimum Gasteiger partial charge on any atom is -0.480 e. The Balaban J connectivity index is 2.01. The van der Waals surface area contributed by atoms with Crippen LogP contribution < -0.4 is 0 Å². The first kappa shape index (κ1) is 13.4. The van der Waals surface area contributed by atoms with Gasteiger partial charge in [0.05, 0.1) is 12.2 Å². The maximum atomic E-state index is 10.9. The second-order valence-corrected chi connectivity index (χ2v) is 4.48. The molecule has 0 fully saturated rings. The van der Waals surface area contributed by atoms with Gasteiger partial charge >= 0.3 is 5.97 Å². The van der Waals surface area contributed by atoms with E-state index < -0.39 is 5.97 Å². The van der Waals surface area contributed by atoms with Crippen molar-refractivity contribution in [1.29, 1.82) is 0 Å². The number of carboxylic acids is 1. The second-order valence-electron chi connectivity index (χ2n) is 4.48.